The molecule has 0 atom stereocenters. The van der Waals surface area contributed by atoms with Gasteiger partial charge in [0, 0.05) is 0 Å². The highest BCUT2D eigenvalue weighted by atomic mass is 16.5. The molecular formula is C11H13NO2. The van der Waals surface area contributed by atoms with Gasteiger partial charge >= 0.3 is 0 Å². The second-order valence-electron chi connectivity index (χ2n) is 4.20. The number of para-hydroxylation sites is 1. The zero-order valence-corrected chi connectivity index (χ0v) is 8.57. The largest absolute Gasteiger partial charge is 0.469 e. The molecule has 0 fully saturated rings. The van der Waals surface area contributed by atoms with E-state index in [1.54, 1.807) is 0 Å². The van der Waals surface area contributed by atoms with Crippen LogP contribution in [-0.2, 0) is 0 Å². The molecule has 0 unspecified atom stereocenters. The summed E-state index contributed by atoms with van der Waals surface area (Å²) in [7, 11) is 0. The quantitative estimate of drug-likeness (QED) is 0.695. The number of benzene rings is 1. The summed E-state index contributed by atoms with van der Waals surface area (Å²) in [6, 6.07) is 7.66. The van der Waals surface area contributed by atoms with Crippen molar-refractivity contribution in [3.8, 4) is 5.88 Å². The van der Waals surface area contributed by atoms with Crippen LogP contribution < -0.4 is 4.74 Å². The van der Waals surface area contributed by atoms with Crippen LogP contribution in [0.15, 0.2) is 28.8 Å². The van der Waals surface area contributed by atoms with Crippen molar-refractivity contribution in [3.05, 3.63) is 24.3 Å². The summed E-state index contributed by atoms with van der Waals surface area (Å²) in [5.41, 5.74) is 0.506. The minimum atomic E-state index is -0.250. The lowest BCUT2D eigenvalue weighted by Crippen LogP contribution is -2.23. The van der Waals surface area contributed by atoms with Gasteiger partial charge in [-0.3, -0.25) is 0 Å². The van der Waals surface area contributed by atoms with Crippen molar-refractivity contribution >= 4 is 11.0 Å². The predicted octanol–water partition coefficient (Wildman–Crippen LogP) is 3.01. The monoisotopic (exact) mass is 191 g/mol. The van der Waals surface area contributed by atoms with Gasteiger partial charge in [0.05, 0.1) is 5.39 Å². The fourth-order valence-electron chi connectivity index (χ4n) is 1.23. The second-order valence-corrected chi connectivity index (χ2v) is 4.20. The maximum absolute atomic E-state index is 5.65. The fourth-order valence-corrected chi connectivity index (χ4v) is 1.23. The molecule has 0 radical (unpaired) electrons. The third-order valence-corrected chi connectivity index (χ3v) is 1.75. The molecule has 1 aromatic heterocycles. The fraction of sp³-hybridized carbons (Fsp3) is 0.364. The standard InChI is InChI=1S/C11H13NO2/c1-11(2,3)13-10-8-6-4-5-7-9(8)14-12-10/h4-7H,1-3H3. The Hall–Kier alpha value is -1.51. The minimum Gasteiger partial charge on any atom is -0.469 e. The van der Waals surface area contributed by atoms with Gasteiger partial charge in [-0.05, 0) is 38.1 Å². The highest BCUT2D eigenvalue weighted by molar-refractivity contribution is 5.81. The number of hydrogen-bond acceptors (Lipinski definition) is 3. The molecule has 2 aromatic rings. The van der Waals surface area contributed by atoms with E-state index in [4.69, 9.17) is 9.26 Å². The molecule has 3 heteroatoms. The number of hydrogen-bond donors (Lipinski definition) is 0. The molecule has 0 saturated carbocycles. The SMILES string of the molecule is CC(C)(C)Oc1noc2ccccc12. The summed E-state index contributed by atoms with van der Waals surface area (Å²) in [5, 5.41) is 4.80. The third kappa shape index (κ3) is 1.71. The van der Waals surface area contributed by atoms with Crippen LogP contribution in [0, 0.1) is 0 Å². The van der Waals surface area contributed by atoms with Crippen molar-refractivity contribution in [1.29, 1.82) is 0 Å². The number of nitrogens with zero attached hydrogens (tertiary/aromatic N) is 1. The van der Waals surface area contributed by atoms with Gasteiger partial charge in [-0.1, -0.05) is 12.1 Å². The van der Waals surface area contributed by atoms with Crippen LogP contribution in [0.25, 0.3) is 11.0 Å². The molecular weight excluding hydrogens is 178 g/mol. The predicted molar refractivity (Wildman–Crippen MR) is 54.4 cm³/mol. The molecule has 0 aliphatic carbocycles. The molecule has 1 heterocycles. The Kier molecular flexibility index (Phi) is 1.95. The van der Waals surface area contributed by atoms with Crippen molar-refractivity contribution in [1.82, 2.24) is 5.16 Å². The van der Waals surface area contributed by atoms with E-state index in [1.807, 2.05) is 45.0 Å². The maximum Gasteiger partial charge on any atom is 0.262 e. The van der Waals surface area contributed by atoms with Gasteiger partial charge in [-0.2, -0.15) is 0 Å². The highest BCUT2D eigenvalue weighted by Gasteiger charge is 2.16. The molecule has 0 bridgehead atoms. The van der Waals surface area contributed by atoms with Gasteiger partial charge in [0.15, 0.2) is 5.58 Å². The maximum atomic E-state index is 5.65. The zero-order valence-electron chi connectivity index (χ0n) is 8.57. The molecule has 0 saturated heterocycles. The van der Waals surface area contributed by atoms with E-state index in [2.05, 4.69) is 5.16 Å². The number of rotatable bonds is 1. The molecule has 0 amide bonds. The molecule has 74 valence electrons. The first-order valence-electron chi connectivity index (χ1n) is 4.60. The Labute approximate surface area is 82.7 Å². The minimum absolute atomic E-state index is 0.250. The molecule has 1 aromatic carbocycles. The lowest BCUT2D eigenvalue weighted by atomic mass is 10.2. The van der Waals surface area contributed by atoms with Crippen molar-refractivity contribution in [3.63, 3.8) is 0 Å². The molecule has 0 N–H and O–H groups in total. The Bertz CT molecular complexity index is 440. The van der Waals surface area contributed by atoms with E-state index >= 15 is 0 Å². The van der Waals surface area contributed by atoms with Crippen LogP contribution in [0.1, 0.15) is 20.8 Å². The van der Waals surface area contributed by atoms with Crippen LogP contribution in [0.2, 0.25) is 0 Å². The molecule has 2 rings (SSSR count). The summed E-state index contributed by atoms with van der Waals surface area (Å²) in [5.74, 6) is 0.563. The van der Waals surface area contributed by atoms with Crippen molar-refractivity contribution in [2.24, 2.45) is 0 Å². The topological polar surface area (TPSA) is 35.3 Å². The Morgan fingerprint density at radius 3 is 2.64 bits per heavy atom. The first-order chi connectivity index (χ1) is 6.56. The second kappa shape index (κ2) is 3.01. The van der Waals surface area contributed by atoms with Gasteiger partial charge in [-0.25, -0.2) is 0 Å². The van der Waals surface area contributed by atoms with E-state index in [0.29, 0.717) is 5.88 Å². The number of ether oxygens (including phenoxy) is 1. The Morgan fingerprint density at radius 1 is 1.21 bits per heavy atom. The average Bonchev–Trinajstić information content (AvgIpc) is 2.47. The summed E-state index contributed by atoms with van der Waals surface area (Å²) in [4.78, 5) is 0. The third-order valence-electron chi connectivity index (χ3n) is 1.75. The first kappa shape index (κ1) is 9.06. The van der Waals surface area contributed by atoms with Crippen LogP contribution in [0.3, 0.4) is 0 Å². The molecule has 3 nitrogen and oxygen atoms in total. The molecule has 0 spiro atoms. The van der Waals surface area contributed by atoms with Crippen LogP contribution >= 0.6 is 0 Å². The normalized spacial score (nSPS) is 11.9. The van der Waals surface area contributed by atoms with Crippen LogP contribution in [-0.4, -0.2) is 10.8 Å². The Morgan fingerprint density at radius 2 is 1.93 bits per heavy atom. The van der Waals surface area contributed by atoms with E-state index in [-0.39, 0.29) is 5.60 Å². The van der Waals surface area contributed by atoms with E-state index in [0.717, 1.165) is 11.0 Å². The molecule has 14 heavy (non-hydrogen) atoms. The van der Waals surface area contributed by atoms with Crippen molar-refractivity contribution < 1.29 is 9.26 Å². The van der Waals surface area contributed by atoms with E-state index in [9.17, 15) is 0 Å². The smallest absolute Gasteiger partial charge is 0.262 e. The summed E-state index contributed by atoms with van der Waals surface area (Å²) < 4.78 is 10.8. The Balaban J connectivity index is 2.44. The molecule has 0 aliphatic heterocycles. The number of aromatic nitrogens is 1. The van der Waals surface area contributed by atoms with Crippen molar-refractivity contribution in [2.45, 2.75) is 26.4 Å². The van der Waals surface area contributed by atoms with Gasteiger partial charge in [0.2, 0.25) is 0 Å². The van der Waals surface area contributed by atoms with Gasteiger partial charge in [0.25, 0.3) is 5.88 Å². The van der Waals surface area contributed by atoms with Crippen LogP contribution in [0.5, 0.6) is 5.88 Å². The lowest BCUT2D eigenvalue weighted by molar-refractivity contribution is 0.119. The number of fused-ring (bicyclic) bond motifs is 1. The summed E-state index contributed by atoms with van der Waals surface area (Å²) in [6.45, 7) is 5.95. The van der Waals surface area contributed by atoms with E-state index in [1.165, 1.54) is 0 Å². The summed E-state index contributed by atoms with van der Waals surface area (Å²) >= 11 is 0. The zero-order chi connectivity index (χ0) is 10.2. The van der Waals surface area contributed by atoms with Crippen LogP contribution in [0.4, 0.5) is 0 Å². The summed E-state index contributed by atoms with van der Waals surface area (Å²) in [6.07, 6.45) is 0. The first-order valence-corrected chi connectivity index (χ1v) is 4.60. The highest BCUT2D eigenvalue weighted by Crippen LogP contribution is 2.26. The molecule has 0 aliphatic rings. The lowest BCUT2D eigenvalue weighted by Gasteiger charge is -2.18. The van der Waals surface area contributed by atoms with Crippen molar-refractivity contribution in [2.75, 3.05) is 0 Å². The average molecular weight is 191 g/mol. The van der Waals surface area contributed by atoms with Gasteiger partial charge < -0.3 is 9.26 Å². The van der Waals surface area contributed by atoms with E-state index < -0.39 is 0 Å². The van der Waals surface area contributed by atoms with Gasteiger partial charge in [-0.15, -0.1) is 0 Å². The van der Waals surface area contributed by atoms with Gasteiger partial charge in [0.1, 0.15) is 5.60 Å².